The highest BCUT2D eigenvalue weighted by Gasteiger charge is 1.75. The molecular weight excluding hydrogens is 351 g/mol. The van der Waals surface area contributed by atoms with Crippen LogP contribution in [0.2, 0.25) is 0 Å². The molecule has 2 aromatic carbocycles. The van der Waals surface area contributed by atoms with Crippen molar-refractivity contribution in [3.8, 4) is 0 Å². The van der Waals surface area contributed by atoms with Crippen molar-refractivity contribution in [2.45, 2.75) is 0 Å². The SMILES string of the molecule is Brc1cc[c]cc1.Ic1cc[c]cc1. The Morgan fingerprint density at radius 2 is 1.29 bits per heavy atom. The van der Waals surface area contributed by atoms with E-state index in [1.165, 1.54) is 3.57 Å². The molecule has 0 aliphatic carbocycles. The molecule has 0 saturated heterocycles. The lowest BCUT2D eigenvalue weighted by molar-refractivity contribution is 1.64. The van der Waals surface area contributed by atoms with Crippen LogP contribution in [-0.4, -0.2) is 0 Å². The van der Waals surface area contributed by atoms with Crippen LogP contribution in [0.15, 0.2) is 53.0 Å². The van der Waals surface area contributed by atoms with E-state index in [0.29, 0.717) is 0 Å². The minimum absolute atomic E-state index is 1.10. The fourth-order valence-corrected chi connectivity index (χ4v) is 1.36. The Bertz CT molecular complexity index is 308. The third-order valence-corrected chi connectivity index (χ3v) is 2.60. The normalized spacial score (nSPS) is 8.71. The summed E-state index contributed by atoms with van der Waals surface area (Å²) in [6.45, 7) is 0. The topological polar surface area (TPSA) is 0 Å². The van der Waals surface area contributed by atoms with Gasteiger partial charge in [0.25, 0.3) is 0 Å². The van der Waals surface area contributed by atoms with Crippen LogP contribution in [0.3, 0.4) is 0 Å². The van der Waals surface area contributed by atoms with E-state index in [1.54, 1.807) is 0 Å². The third-order valence-electron chi connectivity index (χ3n) is 1.36. The predicted octanol–water partition coefficient (Wildman–Crippen LogP) is 4.34. The van der Waals surface area contributed by atoms with Crippen molar-refractivity contribution < 1.29 is 0 Å². The van der Waals surface area contributed by atoms with Crippen LogP contribution in [0, 0.1) is 15.7 Å². The lowest BCUT2D eigenvalue weighted by Crippen LogP contribution is -1.61. The third kappa shape index (κ3) is 5.40. The van der Waals surface area contributed by atoms with Crippen LogP contribution in [0.1, 0.15) is 0 Å². The first kappa shape index (κ1) is 11.7. The number of hydrogen-bond donors (Lipinski definition) is 0. The Kier molecular flexibility index (Phi) is 5.87. The lowest BCUT2D eigenvalue weighted by atomic mass is 10.4. The van der Waals surface area contributed by atoms with Crippen molar-refractivity contribution in [2.75, 3.05) is 0 Å². The van der Waals surface area contributed by atoms with Gasteiger partial charge in [-0.2, -0.15) is 0 Å². The molecule has 0 bridgehead atoms. The van der Waals surface area contributed by atoms with Crippen molar-refractivity contribution in [1.29, 1.82) is 0 Å². The minimum atomic E-state index is 1.10. The van der Waals surface area contributed by atoms with Crippen LogP contribution in [0.25, 0.3) is 0 Å². The quantitative estimate of drug-likeness (QED) is 0.614. The van der Waals surface area contributed by atoms with E-state index < -0.39 is 0 Å². The summed E-state index contributed by atoms with van der Waals surface area (Å²) in [5, 5.41) is 0. The Morgan fingerprint density at radius 1 is 0.857 bits per heavy atom. The summed E-state index contributed by atoms with van der Waals surface area (Å²) in [6, 6.07) is 21.3. The van der Waals surface area contributed by atoms with Crippen molar-refractivity contribution in [1.82, 2.24) is 0 Å². The van der Waals surface area contributed by atoms with Gasteiger partial charge >= 0.3 is 0 Å². The van der Waals surface area contributed by atoms with Crippen LogP contribution in [0.5, 0.6) is 0 Å². The number of halogens is 2. The molecule has 0 aromatic heterocycles. The second-order valence-electron chi connectivity index (χ2n) is 2.44. The summed E-state index contributed by atoms with van der Waals surface area (Å²) in [5.74, 6) is 0. The van der Waals surface area contributed by atoms with Gasteiger partial charge in [0.05, 0.1) is 0 Å². The molecule has 0 saturated carbocycles. The van der Waals surface area contributed by atoms with Gasteiger partial charge in [-0.1, -0.05) is 40.2 Å². The van der Waals surface area contributed by atoms with Gasteiger partial charge in [-0.25, -0.2) is 0 Å². The Balaban J connectivity index is 0.000000140. The van der Waals surface area contributed by atoms with Gasteiger partial charge in [-0.15, -0.1) is 0 Å². The van der Waals surface area contributed by atoms with Crippen LogP contribution >= 0.6 is 38.5 Å². The van der Waals surface area contributed by atoms with E-state index in [0.717, 1.165) is 4.47 Å². The maximum atomic E-state index is 3.29. The highest BCUT2D eigenvalue weighted by Crippen LogP contribution is 2.04. The van der Waals surface area contributed by atoms with Gasteiger partial charge < -0.3 is 0 Å². The molecule has 2 heteroatoms. The zero-order valence-corrected chi connectivity index (χ0v) is 11.1. The van der Waals surface area contributed by atoms with E-state index >= 15 is 0 Å². The van der Waals surface area contributed by atoms with Crippen molar-refractivity contribution in [2.24, 2.45) is 0 Å². The maximum Gasteiger partial charge on any atom is 0.0175 e. The van der Waals surface area contributed by atoms with Gasteiger partial charge in [0.15, 0.2) is 0 Å². The molecule has 14 heavy (non-hydrogen) atoms. The van der Waals surface area contributed by atoms with Crippen molar-refractivity contribution >= 4 is 38.5 Å². The molecule has 0 aliphatic heterocycles. The summed E-state index contributed by atoms with van der Waals surface area (Å²) < 4.78 is 2.36. The van der Waals surface area contributed by atoms with Crippen molar-refractivity contribution in [3.05, 3.63) is 68.7 Å². The highest BCUT2D eigenvalue weighted by atomic mass is 127. The summed E-state index contributed by atoms with van der Waals surface area (Å²) in [6.07, 6.45) is 0. The summed E-state index contributed by atoms with van der Waals surface area (Å²) in [4.78, 5) is 0. The maximum absolute atomic E-state index is 3.29. The molecule has 0 fully saturated rings. The molecule has 0 nitrogen and oxygen atoms in total. The summed E-state index contributed by atoms with van der Waals surface area (Å²) >= 11 is 5.55. The van der Waals surface area contributed by atoms with Crippen LogP contribution < -0.4 is 0 Å². The van der Waals surface area contributed by atoms with Crippen molar-refractivity contribution in [3.63, 3.8) is 0 Å². The Morgan fingerprint density at radius 3 is 1.50 bits per heavy atom. The number of rotatable bonds is 0. The summed E-state index contributed by atoms with van der Waals surface area (Å²) in [7, 11) is 0. The smallest absolute Gasteiger partial charge is 0.0175 e. The molecule has 0 N–H and O–H groups in total. The Hall–Kier alpha value is -0.350. The molecule has 0 unspecified atom stereocenters. The average molecular weight is 359 g/mol. The first-order valence-corrected chi connectivity index (χ1v) is 5.89. The second kappa shape index (κ2) is 7.01. The van der Waals surface area contributed by atoms with Gasteiger partial charge in [0.2, 0.25) is 0 Å². The number of benzene rings is 2. The van der Waals surface area contributed by atoms with E-state index in [-0.39, 0.29) is 0 Å². The largest absolute Gasteiger partial charge is 0.0533 e. The van der Waals surface area contributed by atoms with Gasteiger partial charge in [-0.05, 0) is 59.0 Å². The highest BCUT2D eigenvalue weighted by molar-refractivity contribution is 14.1. The average Bonchev–Trinajstić information content (AvgIpc) is 2.21. The van der Waals surface area contributed by atoms with Gasteiger partial charge in [0, 0.05) is 8.04 Å². The lowest BCUT2D eigenvalue weighted by Gasteiger charge is -1.80. The molecule has 70 valence electrons. The second-order valence-corrected chi connectivity index (χ2v) is 4.60. The minimum Gasteiger partial charge on any atom is -0.0533 e. The zero-order chi connectivity index (χ0) is 10.2. The van der Waals surface area contributed by atoms with Gasteiger partial charge in [0.1, 0.15) is 0 Å². The molecule has 0 atom stereocenters. The molecule has 2 radical (unpaired) electrons. The molecular formula is C12H8BrI. The first-order valence-electron chi connectivity index (χ1n) is 4.02. The standard InChI is InChI=1S/C6H4Br.C6H4I/c2*7-6-4-2-1-3-5-6/h2*2-5H. The first-order chi connectivity index (χ1) is 6.79. The molecule has 2 aromatic rings. The zero-order valence-electron chi connectivity index (χ0n) is 7.37. The van der Waals surface area contributed by atoms with E-state index in [9.17, 15) is 0 Å². The molecule has 2 rings (SSSR count). The van der Waals surface area contributed by atoms with Crippen LogP contribution in [-0.2, 0) is 0 Å². The van der Waals surface area contributed by atoms with E-state index in [2.05, 4.69) is 50.7 Å². The van der Waals surface area contributed by atoms with Gasteiger partial charge in [-0.3, -0.25) is 0 Å². The molecule has 0 spiro atoms. The Labute approximate surface area is 107 Å². The fourth-order valence-electron chi connectivity index (χ4n) is 0.733. The monoisotopic (exact) mass is 358 g/mol. The fraction of sp³-hybridized carbons (Fsp3) is 0. The van der Waals surface area contributed by atoms with E-state index in [1.807, 2.05) is 48.5 Å². The summed E-state index contributed by atoms with van der Waals surface area (Å²) in [5.41, 5.74) is 0. The van der Waals surface area contributed by atoms with Crippen LogP contribution in [0.4, 0.5) is 0 Å². The molecule has 0 aliphatic rings. The molecule has 0 amide bonds. The van der Waals surface area contributed by atoms with E-state index in [4.69, 9.17) is 0 Å². The molecule has 0 heterocycles. The predicted molar refractivity (Wildman–Crippen MR) is 71.0 cm³/mol. The number of hydrogen-bond acceptors (Lipinski definition) is 0.